The van der Waals surface area contributed by atoms with E-state index in [1.807, 2.05) is 12.1 Å². The van der Waals surface area contributed by atoms with Crippen LogP contribution in [0.2, 0.25) is 0 Å². The maximum atomic E-state index is 13.5. The van der Waals surface area contributed by atoms with Crippen molar-refractivity contribution in [3.63, 3.8) is 0 Å². The van der Waals surface area contributed by atoms with Crippen molar-refractivity contribution in [1.29, 1.82) is 0 Å². The Balaban J connectivity index is 1.85. The number of methoxy groups -OCH3 is 2. The molecule has 0 aromatic heterocycles. The zero-order valence-corrected chi connectivity index (χ0v) is 13.4. The van der Waals surface area contributed by atoms with Crippen molar-refractivity contribution >= 4 is 17.8 Å². The minimum Gasteiger partial charge on any atom is -0.495 e. The first-order valence-electron chi connectivity index (χ1n) is 7.16. The maximum absolute atomic E-state index is 13.5. The molecule has 7 heteroatoms. The lowest BCUT2D eigenvalue weighted by atomic mass is 10.2. The molecule has 0 saturated heterocycles. The zero-order valence-electron chi connectivity index (χ0n) is 13.4. The number of para-hydroxylation sites is 2. The van der Waals surface area contributed by atoms with E-state index in [1.165, 1.54) is 25.5 Å². The van der Waals surface area contributed by atoms with E-state index in [0.29, 0.717) is 17.0 Å². The fraction of sp³-hybridized carbons (Fsp3) is 0.176. The van der Waals surface area contributed by atoms with E-state index < -0.39 is 5.82 Å². The first-order valence-corrected chi connectivity index (χ1v) is 7.16. The molecule has 2 rings (SSSR count). The molecule has 0 atom stereocenters. The van der Waals surface area contributed by atoms with Crippen LogP contribution in [0.1, 0.15) is 5.56 Å². The van der Waals surface area contributed by atoms with Crippen molar-refractivity contribution in [2.45, 2.75) is 0 Å². The van der Waals surface area contributed by atoms with Gasteiger partial charge < -0.3 is 14.8 Å². The average Bonchev–Trinajstić information content (AvgIpc) is 2.60. The lowest BCUT2D eigenvalue weighted by Gasteiger charge is -2.09. The number of benzene rings is 2. The summed E-state index contributed by atoms with van der Waals surface area (Å²) in [4.78, 5) is 11.8. The highest BCUT2D eigenvalue weighted by atomic mass is 19.1. The molecule has 0 heterocycles. The summed E-state index contributed by atoms with van der Waals surface area (Å²) in [6.45, 7) is 0.0225. The number of hydrazone groups is 1. The van der Waals surface area contributed by atoms with Crippen molar-refractivity contribution in [3.8, 4) is 11.5 Å². The maximum Gasteiger partial charge on any atom is 0.259 e. The standard InChI is InChI=1S/C17H18FN3O3/c1-23-15-8-7-12(9-13(15)18)10-20-21-17(22)11-19-14-5-3-4-6-16(14)24-2/h3-10,19H,11H2,1-2H3,(H,21,22)/b20-10-. The van der Waals surface area contributed by atoms with E-state index in [0.717, 1.165) is 0 Å². The highest BCUT2D eigenvalue weighted by Gasteiger charge is 2.04. The third kappa shape index (κ3) is 4.70. The predicted octanol–water partition coefficient (Wildman–Crippen LogP) is 2.41. The Morgan fingerprint density at radius 1 is 1.17 bits per heavy atom. The number of amides is 1. The third-order valence-corrected chi connectivity index (χ3v) is 3.13. The molecule has 0 aliphatic rings. The lowest BCUT2D eigenvalue weighted by molar-refractivity contribution is -0.119. The molecule has 0 unspecified atom stereocenters. The second kappa shape index (κ2) is 8.52. The van der Waals surface area contributed by atoms with Gasteiger partial charge in [0.05, 0.1) is 32.7 Å². The number of ether oxygens (including phenoxy) is 2. The van der Waals surface area contributed by atoms with Crippen LogP contribution in [0.5, 0.6) is 11.5 Å². The Morgan fingerprint density at radius 2 is 1.92 bits per heavy atom. The van der Waals surface area contributed by atoms with Gasteiger partial charge in [0.2, 0.25) is 0 Å². The highest BCUT2D eigenvalue weighted by Crippen LogP contribution is 2.22. The van der Waals surface area contributed by atoms with Crippen molar-refractivity contribution in [3.05, 3.63) is 53.8 Å². The Kier molecular flexibility index (Phi) is 6.13. The monoisotopic (exact) mass is 331 g/mol. The van der Waals surface area contributed by atoms with E-state index in [1.54, 1.807) is 25.3 Å². The van der Waals surface area contributed by atoms with Gasteiger partial charge in [0.1, 0.15) is 5.75 Å². The van der Waals surface area contributed by atoms with Gasteiger partial charge in [0.25, 0.3) is 5.91 Å². The molecule has 0 aliphatic heterocycles. The van der Waals surface area contributed by atoms with Gasteiger partial charge in [-0.1, -0.05) is 12.1 Å². The topological polar surface area (TPSA) is 72.0 Å². The SMILES string of the molecule is COc1ccc(/C=N\NC(=O)CNc2ccccc2OC)cc1F. The summed E-state index contributed by atoms with van der Waals surface area (Å²) in [5, 5.41) is 6.74. The minimum absolute atomic E-state index is 0.0225. The van der Waals surface area contributed by atoms with E-state index in [9.17, 15) is 9.18 Å². The van der Waals surface area contributed by atoms with E-state index in [-0.39, 0.29) is 18.2 Å². The van der Waals surface area contributed by atoms with Crippen LogP contribution < -0.4 is 20.2 Å². The molecule has 24 heavy (non-hydrogen) atoms. The molecule has 6 nitrogen and oxygen atoms in total. The number of carbonyl (C=O) groups is 1. The fourth-order valence-corrected chi connectivity index (χ4v) is 1.95. The summed E-state index contributed by atoms with van der Waals surface area (Å²) < 4.78 is 23.5. The number of carbonyl (C=O) groups excluding carboxylic acids is 1. The lowest BCUT2D eigenvalue weighted by Crippen LogP contribution is -2.26. The molecule has 0 fully saturated rings. The molecule has 1 amide bonds. The number of nitrogens with one attached hydrogen (secondary N) is 2. The van der Waals surface area contributed by atoms with E-state index in [2.05, 4.69) is 15.8 Å². The van der Waals surface area contributed by atoms with Gasteiger partial charge in [0.15, 0.2) is 11.6 Å². The molecule has 0 aliphatic carbocycles. The van der Waals surface area contributed by atoms with Crippen LogP contribution in [0.4, 0.5) is 10.1 Å². The minimum atomic E-state index is -0.495. The van der Waals surface area contributed by atoms with Crippen LogP contribution in [0, 0.1) is 5.82 Å². The van der Waals surface area contributed by atoms with Crippen LogP contribution in [0.25, 0.3) is 0 Å². The van der Waals surface area contributed by atoms with Crippen molar-refractivity contribution < 1.29 is 18.7 Å². The summed E-state index contributed by atoms with van der Waals surface area (Å²) in [6.07, 6.45) is 1.35. The Hall–Kier alpha value is -3.09. The average molecular weight is 331 g/mol. The molecular weight excluding hydrogens is 313 g/mol. The predicted molar refractivity (Wildman–Crippen MR) is 90.2 cm³/mol. The first-order chi connectivity index (χ1) is 11.6. The van der Waals surface area contributed by atoms with Gasteiger partial charge in [-0.25, -0.2) is 9.82 Å². The number of hydrogen-bond donors (Lipinski definition) is 2. The van der Waals surface area contributed by atoms with Crippen LogP contribution in [-0.2, 0) is 4.79 Å². The van der Waals surface area contributed by atoms with Gasteiger partial charge >= 0.3 is 0 Å². The number of anilines is 1. The molecule has 126 valence electrons. The second-order valence-electron chi connectivity index (χ2n) is 4.74. The van der Waals surface area contributed by atoms with Crippen LogP contribution in [0.15, 0.2) is 47.6 Å². The van der Waals surface area contributed by atoms with Crippen molar-refractivity contribution in [1.82, 2.24) is 5.43 Å². The summed E-state index contributed by atoms with van der Waals surface area (Å²) in [7, 11) is 2.94. The highest BCUT2D eigenvalue weighted by molar-refractivity contribution is 5.84. The van der Waals surface area contributed by atoms with Gasteiger partial charge in [-0.15, -0.1) is 0 Å². The van der Waals surface area contributed by atoms with E-state index >= 15 is 0 Å². The van der Waals surface area contributed by atoms with Crippen LogP contribution in [-0.4, -0.2) is 32.9 Å². The molecular formula is C17H18FN3O3. The fourth-order valence-electron chi connectivity index (χ4n) is 1.95. The number of halogens is 1. The molecule has 2 aromatic carbocycles. The van der Waals surface area contributed by atoms with Gasteiger partial charge in [0, 0.05) is 0 Å². The first kappa shape index (κ1) is 17.3. The molecule has 2 aromatic rings. The number of hydrogen-bond acceptors (Lipinski definition) is 5. The van der Waals surface area contributed by atoms with Crippen molar-refractivity contribution in [2.24, 2.45) is 5.10 Å². The summed E-state index contributed by atoms with van der Waals surface area (Å²) in [6, 6.07) is 11.6. The quantitative estimate of drug-likeness (QED) is 0.604. The molecule has 0 saturated carbocycles. The van der Waals surface area contributed by atoms with Crippen molar-refractivity contribution in [2.75, 3.05) is 26.1 Å². The summed E-state index contributed by atoms with van der Waals surface area (Å²) >= 11 is 0. The van der Waals surface area contributed by atoms with Gasteiger partial charge in [-0.05, 0) is 35.9 Å². The van der Waals surface area contributed by atoms with Gasteiger partial charge in [-0.2, -0.15) is 5.10 Å². The Morgan fingerprint density at radius 3 is 2.62 bits per heavy atom. The Labute approximate surface area is 139 Å². The Bertz CT molecular complexity index is 735. The van der Waals surface area contributed by atoms with E-state index in [4.69, 9.17) is 9.47 Å². The molecule has 0 spiro atoms. The second-order valence-corrected chi connectivity index (χ2v) is 4.74. The number of nitrogens with zero attached hydrogens (tertiary/aromatic N) is 1. The van der Waals surface area contributed by atoms with Crippen LogP contribution >= 0.6 is 0 Å². The zero-order chi connectivity index (χ0) is 17.4. The van der Waals surface area contributed by atoms with Crippen LogP contribution in [0.3, 0.4) is 0 Å². The molecule has 0 radical (unpaired) electrons. The third-order valence-electron chi connectivity index (χ3n) is 3.13. The smallest absolute Gasteiger partial charge is 0.259 e. The van der Waals surface area contributed by atoms with Gasteiger partial charge in [-0.3, -0.25) is 4.79 Å². The molecule has 0 bridgehead atoms. The summed E-state index contributed by atoms with van der Waals surface area (Å²) in [5.74, 6) is -0.0449. The normalized spacial score (nSPS) is 10.5. The largest absolute Gasteiger partial charge is 0.495 e. The number of rotatable bonds is 7. The summed E-state index contributed by atoms with van der Waals surface area (Å²) in [5.41, 5.74) is 3.57. The molecule has 2 N–H and O–H groups in total.